The van der Waals surface area contributed by atoms with Gasteiger partial charge in [-0.05, 0) is 58.2 Å². The number of piperidine rings is 1. The van der Waals surface area contributed by atoms with Crippen LogP contribution >= 0.6 is 0 Å². The molecule has 0 radical (unpaired) electrons. The zero-order chi connectivity index (χ0) is 14.8. The second kappa shape index (κ2) is 6.18. The fourth-order valence-electron chi connectivity index (χ4n) is 3.83. The van der Waals surface area contributed by atoms with E-state index >= 15 is 0 Å². The smallest absolute Gasteiger partial charge is 0.244 e. The van der Waals surface area contributed by atoms with E-state index in [9.17, 15) is 4.79 Å². The second-order valence-electron chi connectivity index (χ2n) is 6.49. The fourth-order valence-corrected chi connectivity index (χ4v) is 3.83. The number of aromatic nitrogens is 2. The summed E-state index contributed by atoms with van der Waals surface area (Å²) in [5, 5.41) is 7.91. The molecule has 5 heteroatoms. The minimum Gasteiger partial charge on any atom is -0.338 e. The number of carbonyl (C=O) groups is 1. The number of likely N-dealkylation sites (tertiary alicyclic amines) is 1. The average Bonchev–Trinajstić information content (AvgIpc) is 2.67. The van der Waals surface area contributed by atoms with E-state index in [0.717, 1.165) is 43.9 Å². The molecule has 116 valence electrons. The minimum atomic E-state index is 0.236. The van der Waals surface area contributed by atoms with Crippen LogP contribution in [0.2, 0.25) is 0 Å². The molecule has 0 saturated carbocycles. The Balaban J connectivity index is 1.73. The lowest BCUT2D eigenvalue weighted by Crippen LogP contribution is -2.51. The van der Waals surface area contributed by atoms with Crippen molar-refractivity contribution >= 4 is 5.91 Å². The molecule has 2 atom stereocenters. The molecule has 2 aliphatic heterocycles. The van der Waals surface area contributed by atoms with Gasteiger partial charge in [-0.15, -0.1) is 0 Å². The highest BCUT2D eigenvalue weighted by atomic mass is 16.2. The van der Waals surface area contributed by atoms with Gasteiger partial charge in [-0.3, -0.25) is 9.48 Å². The highest BCUT2D eigenvalue weighted by molar-refractivity contribution is 5.76. The Hall–Kier alpha value is -1.36. The Morgan fingerprint density at radius 2 is 2.24 bits per heavy atom. The summed E-state index contributed by atoms with van der Waals surface area (Å²) in [6.07, 6.45) is 4.72. The van der Waals surface area contributed by atoms with Gasteiger partial charge in [0.05, 0.1) is 5.69 Å². The highest BCUT2D eigenvalue weighted by Crippen LogP contribution is 2.27. The summed E-state index contributed by atoms with van der Waals surface area (Å²) in [7, 11) is 0. The predicted octanol–water partition coefficient (Wildman–Crippen LogP) is 1.49. The summed E-state index contributed by atoms with van der Waals surface area (Å²) in [5.41, 5.74) is 2.05. The highest BCUT2D eigenvalue weighted by Gasteiger charge is 2.34. The molecule has 1 N–H and O–H groups in total. The van der Waals surface area contributed by atoms with Crippen molar-refractivity contribution in [2.45, 2.75) is 52.1 Å². The maximum absolute atomic E-state index is 12.8. The van der Waals surface area contributed by atoms with E-state index in [0.29, 0.717) is 18.5 Å². The third-order valence-electron chi connectivity index (χ3n) is 4.90. The number of rotatable bonds is 2. The van der Waals surface area contributed by atoms with E-state index in [4.69, 9.17) is 0 Å². The van der Waals surface area contributed by atoms with E-state index in [-0.39, 0.29) is 5.91 Å². The van der Waals surface area contributed by atoms with Crippen molar-refractivity contribution in [3.63, 3.8) is 0 Å². The molecule has 21 heavy (non-hydrogen) atoms. The van der Waals surface area contributed by atoms with Crippen molar-refractivity contribution in [3.8, 4) is 0 Å². The number of hydrogen-bond donors (Lipinski definition) is 1. The molecular formula is C16H26N4O. The molecule has 0 spiro atoms. The van der Waals surface area contributed by atoms with Crippen LogP contribution < -0.4 is 5.32 Å². The first kappa shape index (κ1) is 14.6. The molecule has 1 aromatic rings. The van der Waals surface area contributed by atoms with Crippen molar-refractivity contribution in [1.29, 1.82) is 0 Å². The van der Waals surface area contributed by atoms with Crippen LogP contribution in [-0.4, -0.2) is 46.3 Å². The van der Waals surface area contributed by atoms with Crippen LogP contribution in [0, 0.1) is 19.8 Å². The van der Waals surface area contributed by atoms with Crippen LogP contribution in [0.5, 0.6) is 0 Å². The Labute approximate surface area is 126 Å². The summed E-state index contributed by atoms with van der Waals surface area (Å²) in [6.45, 7) is 7.39. The largest absolute Gasteiger partial charge is 0.338 e. The van der Waals surface area contributed by atoms with Gasteiger partial charge in [-0.1, -0.05) is 6.42 Å². The van der Waals surface area contributed by atoms with Crippen molar-refractivity contribution in [3.05, 3.63) is 17.5 Å². The maximum atomic E-state index is 12.8. The van der Waals surface area contributed by atoms with Crippen LogP contribution in [-0.2, 0) is 11.3 Å². The van der Waals surface area contributed by atoms with E-state index in [1.165, 1.54) is 12.8 Å². The van der Waals surface area contributed by atoms with Gasteiger partial charge in [-0.2, -0.15) is 5.10 Å². The summed E-state index contributed by atoms with van der Waals surface area (Å²) < 4.78 is 1.85. The Kier molecular flexibility index (Phi) is 4.29. The topological polar surface area (TPSA) is 50.2 Å². The molecule has 1 aromatic heterocycles. The standard InChI is InChI=1S/C16H26N4O/c1-12-9-13(2)20(18-12)11-16(21)19-8-4-3-5-14-10-17-7-6-15(14)19/h9,14-15,17H,3-8,10-11H2,1-2H3/t14-,15+/m0/s1. The predicted molar refractivity (Wildman–Crippen MR) is 82.0 cm³/mol. The van der Waals surface area contributed by atoms with Crippen LogP contribution in [0.4, 0.5) is 0 Å². The monoisotopic (exact) mass is 290 g/mol. The number of carbonyl (C=O) groups excluding carboxylic acids is 1. The molecule has 2 fully saturated rings. The molecule has 2 aliphatic rings. The van der Waals surface area contributed by atoms with Crippen molar-refractivity contribution < 1.29 is 4.79 Å². The lowest BCUT2D eigenvalue weighted by molar-refractivity contribution is -0.135. The summed E-state index contributed by atoms with van der Waals surface area (Å²) >= 11 is 0. The zero-order valence-electron chi connectivity index (χ0n) is 13.1. The Morgan fingerprint density at radius 1 is 1.38 bits per heavy atom. The fraction of sp³-hybridized carbons (Fsp3) is 0.750. The van der Waals surface area contributed by atoms with Gasteiger partial charge in [-0.25, -0.2) is 0 Å². The molecule has 5 nitrogen and oxygen atoms in total. The second-order valence-corrected chi connectivity index (χ2v) is 6.49. The molecule has 3 rings (SSSR count). The first-order valence-electron chi connectivity index (χ1n) is 8.16. The molecule has 0 unspecified atom stereocenters. The molecule has 0 aliphatic carbocycles. The van der Waals surface area contributed by atoms with Crippen molar-refractivity contribution in [2.75, 3.05) is 19.6 Å². The number of nitrogens with zero attached hydrogens (tertiary/aromatic N) is 3. The van der Waals surface area contributed by atoms with Gasteiger partial charge in [0.25, 0.3) is 0 Å². The zero-order valence-corrected chi connectivity index (χ0v) is 13.1. The first-order valence-corrected chi connectivity index (χ1v) is 8.16. The minimum absolute atomic E-state index is 0.236. The molecule has 0 aromatic carbocycles. The van der Waals surface area contributed by atoms with Crippen molar-refractivity contribution in [1.82, 2.24) is 20.0 Å². The lowest BCUT2D eigenvalue weighted by Gasteiger charge is -2.38. The van der Waals surface area contributed by atoms with Gasteiger partial charge >= 0.3 is 0 Å². The first-order chi connectivity index (χ1) is 10.1. The number of fused-ring (bicyclic) bond motifs is 1. The van der Waals surface area contributed by atoms with E-state index < -0.39 is 0 Å². The van der Waals surface area contributed by atoms with Gasteiger partial charge in [0.15, 0.2) is 0 Å². The number of amides is 1. The number of aryl methyl sites for hydroxylation is 2. The summed E-state index contributed by atoms with van der Waals surface area (Å²) in [5.74, 6) is 0.866. The maximum Gasteiger partial charge on any atom is 0.244 e. The normalized spacial score (nSPS) is 26.3. The van der Waals surface area contributed by atoms with E-state index in [2.05, 4.69) is 15.3 Å². The van der Waals surface area contributed by atoms with Crippen LogP contribution in [0.15, 0.2) is 6.07 Å². The van der Waals surface area contributed by atoms with Crippen LogP contribution in [0.3, 0.4) is 0 Å². The Bertz CT molecular complexity index is 510. The van der Waals surface area contributed by atoms with Gasteiger partial charge in [0, 0.05) is 18.3 Å². The summed E-state index contributed by atoms with van der Waals surface area (Å²) in [4.78, 5) is 14.9. The molecule has 2 saturated heterocycles. The van der Waals surface area contributed by atoms with Crippen molar-refractivity contribution in [2.24, 2.45) is 5.92 Å². The average molecular weight is 290 g/mol. The van der Waals surface area contributed by atoms with Gasteiger partial charge in [0.2, 0.25) is 5.91 Å². The summed E-state index contributed by atoms with van der Waals surface area (Å²) in [6, 6.07) is 2.46. The van der Waals surface area contributed by atoms with Crippen LogP contribution in [0.25, 0.3) is 0 Å². The molecule has 1 amide bonds. The number of hydrogen-bond acceptors (Lipinski definition) is 3. The third kappa shape index (κ3) is 3.12. The van der Waals surface area contributed by atoms with Gasteiger partial charge in [0.1, 0.15) is 6.54 Å². The molecule has 3 heterocycles. The number of nitrogens with one attached hydrogen (secondary N) is 1. The van der Waals surface area contributed by atoms with Gasteiger partial charge < -0.3 is 10.2 Å². The van der Waals surface area contributed by atoms with Crippen LogP contribution in [0.1, 0.15) is 37.1 Å². The quantitative estimate of drug-likeness (QED) is 0.898. The SMILES string of the molecule is Cc1cc(C)n(CC(=O)N2CCCC[C@H]3CNCC[C@H]32)n1. The molecule has 0 bridgehead atoms. The lowest BCUT2D eigenvalue weighted by atomic mass is 9.89. The van der Waals surface area contributed by atoms with E-state index in [1.54, 1.807) is 0 Å². The third-order valence-corrected chi connectivity index (χ3v) is 4.90. The Morgan fingerprint density at radius 3 is 3.00 bits per heavy atom. The molecular weight excluding hydrogens is 264 g/mol. The van der Waals surface area contributed by atoms with E-state index in [1.807, 2.05) is 24.6 Å².